The van der Waals surface area contributed by atoms with Crippen molar-refractivity contribution in [3.63, 3.8) is 0 Å². The van der Waals surface area contributed by atoms with Crippen LogP contribution < -0.4 is 5.32 Å². The van der Waals surface area contributed by atoms with Crippen LogP contribution in [-0.4, -0.2) is 17.1 Å². The third-order valence-corrected chi connectivity index (χ3v) is 5.06. The summed E-state index contributed by atoms with van der Waals surface area (Å²) in [6.07, 6.45) is 1.99. The third kappa shape index (κ3) is 2.96. The van der Waals surface area contributed by atoms with Gasteiger partial charge >= 0.3 is 0 Å². The van der Waals surface area contributed by atoms with Crippen molar-refractivity contribution in [1.29, 1.82) is 5.26 Å². The summed E-state index contributed by atoms with van der Waals surface area (Å²) in [6.45, 7) is 0. The molecule has 0 saturated carbocycles. The number of anilines is 1. The van der Waals surface area contributed by atoms with Gasteiger partial charge in [0, 0.05) is 11.3 Å². The highest BCUT2D eigenvalue weighted by Crippen LogP contribution is 2.30. The maximum Gasteiger partial charge on any atom is 0.255 e. The fourth-order valence-electron chi connectivity index (χ4n) is 2.00. The highest BCUT2D eigenvalue weighted by Gasteiger charge is 2.09. The molecule has 1 N–H and O–H groups in total. The molecule has 108 valence electrons. The van der Waals surface area contributed by atoms with Crippen molar-refractivity contribution in [1.82, 2.24) is 4.98 Å². The molecule has 1 heterocycles. The Labute approximate surface area is 135 Å². The van der Waals surface area contributed by atoms with Crippen molar-refractivity contribution in [2.75, 3.05) is 11.6 Å². The van der Waals surface area contributed by atoms with Gasteiger partial charge < -0.3 is 5.32 Å². The monoisotopic (exact) mass is 325 g/mol. The number of hydrogen-bond acceptors (Lipinski definition) is 5. The van der Waals surface area contributed by atoms with E-state index in [1.807, 2.05) is 30.5 Å². The molecule has 3 aromatic rings. The molecule has 0 fully saturated rings. The summed E-state index contributed by atoms with van der Waals surface area (Å²) in [7, 11) is 0. The van der Waals surface area contributed by atoms with Crippen molar-refractivity contribution in [2.24, 2.45) is 0 Å². The maximum absolute atomic E-state index is 12.2. The molecule has 0 radical (unpaired) electrons. The lowest BCUT2D eigenvalue weighted by molar-refractivity contribution is 0.102. The minimum Gasteiger partial charge on any atom is -0.322 e. The summed E-state index contributed by atoms with van der Waals surface area (Å²) in [4.78, 5) is 16.7. The first kappa shape index (κ1) is 14.6. The lowest BCUT2D eigenvalue weighted by Crippen LogP contribution is -2.11. The highest BCUT2D eigenvalue weighted by atomic mass is 32.2. The zero-order valence-electron chi connectivity index (χ0n) is 11.7. The number of nitrogens with one attached hydrogen (secondary N) is 1. The van der Waals surface area contributed by atoms with E-state index in [-0.39, 0.29) is 5.91 Å². The van der Waals surface area contributed by atoms with Gasteiger partial charge in [0.1, 0.15) is 0 Å². The van der Waals surface area contributed by atoms with Crippen LogP contribution in [0.25, 0.3) is 10.2 Å². The van der Waals surface area contributed by atoms with E-state index >= 15 is 0 Å². The molecule has 1 aromatic heterocycles. The Bertz CT molecular complexity index is 896. The molecule has 2 aromatic carbocycles. The van der Waals surface area contributed by atoms with Gasteiger partial charge in [-0.3, -0.25) is 4.79 Å². The number of benzene rings is 2. The molecular formula is C16H11N3OS2. The summed E-state index contributed by atoms with van der Waals surface area (Å²) in [5, 5.41) is 11.7. The largest absolute Gasteiger partial charge is 0.322 e. The summed E-state index contributed by atoms with van der Waals surface area (Å²) >= 11 is 3.20. The number of carbonyl (C=O) groups is 1. The minimum absolute atomic E-state index is 0.231. The van der Waals surface area contributed by atoms with Crippen molar-refractivity contribution < 1.29 is 4.79 Å². The van der Waals surface area contributed by atoms with E-state index in [1.165, 1.54) is 0 Å². The lowest BCUT2D eigenvalue weighted by Gasteiger charge is -2.05. The number of hydrogen-bond donors (Lipinski definition) is 1. The Morgan fingerprint density at radius 2 is 2.18 bits per heavy atom. The van der Waals surface area contributed by atoms with E-state index in [1.54, 1.807) is 47.4 Å². The van der Waals surface area contributed by atoms with Gasteiger partial charge in [-0.05, 0) is 42.7 Å². The molecule has 0 bridgehead atoms. The Kier molecular flexibility index (Phi) is 4.09. The van der Waals surface area contributed by atoms with E-state index < -0.39 is 0 Å². The number of nitriles is 1. The van der Waals surface area contributed by atoms with Crippen LogP contribution in [0.4, 0.5) is 5.69 Å². The first-order chi connectivity index (χ1) is 10.7. The number of fused-ring (bicyclic) bond motifs is 1. The standard InChI is InChI=1S/C16H11N3OS2/c1-21-16-19-13-6-5-12(8-14(13)22-16)18-15(20)11-4-2-3-10(7-11)9-17/h2-8H,1H3,(H,18,20). The van der Waals surface area contributed by atoms with Gasteiger partial charge in [0.15, 0.2) is 4.34 Å². The number of carbonyl (C=O) groups excluding carboxylic acids is 1. The first-order valence-corrected chi connectivity index (χ1v) is 8.50. The number of nitrogens with zero attached hydrogens (tertiary/aromatic N) is 2. The third-order valence-electron chi connectivity index (χ3n) is 3.06. The smallest absolute Gasteiger partial charge is 0.255 e. The average molecular weight is 325 g/mol. The predicted octanol–water partition coefficient (Wildman–Crippen LogP) is 4.14. The Morgan fingerprint density at radius 1 is 1.32 bits per heavy atom. The molecule has 0 atom stereocenters. The van der Waals surface area contributed by atoms with Gasteiger partial charge in [0.25, 0.3) is 5.91 Å². The number of amides is 1. The molecule has 4 nitrogen and oxygen atoms in total. The van der Waals surface area contributed by atoms with Crippen LogP contribution in [-0.2, 0) is 0 Å². The number of thiazole rings is 1. The molecule has 0 aliphatic carbocycles. The summed E-state index contributed by atoms with van der Waals surface area (Å²) < 4.78 is 2.04. The van der Waals surface area contributed by atoms with Gasteiger partial charge in [-0.25, -0.2) is 4.98 Å². The van der Waals surface area contributed by atoms with Gasteiger partial charge in [0.05, 0.1) is 21.8 Å². The Hall–Kier alpha value is -2.36. The molecule has 0 saturated heterocycles. The van der Waals surface area contributed by atoms with Crippen LogP contribution in [0.5, 0.6) is 0 Å². The molecule has 0 spiro atoms. The van der Waals surface area contributed by atoms with Crippen LogP contribution >= 0.6 is 23.1 Å². The molecule has 0 aliphatic rings. The van der Waals surface area contributed by atoms with Crippen LogP contribution in [0, 0.1) is 11.3 Å². The molecule has 22 heavy (non-hydrogen) atoms. The van der Waals surface area contributed by atoms with Crippen molar-refractivity contribution in [2.45, 2.75) is 4.34 Å². The second kappa shape index (κ2) is 6.18. The van der Waals surface area contributed by atoms with Crippen molar-refractivity contribution in [3.05, 3.63) is 53.6 Å². The van der Waals surface area contributed by atoms with Crippen LogP contribution in [0.3, 0.4) is 0 Å². The van der Waals surface area contributed by atoms with E-state index in [9.17, 15) is 4.79 Å². The normalized spacial score (nSPS) is 10.4. The summed E-state index contributed by atoms with van der Waals surface area (Å²) in [6, 6.07) is 14.3. The number of rotatable bonds is 3. The number of thioether (sulfide) groups is 1. The van der Waals surface area contributed by atoms with E-state index in [4.69, 9.17) is 5.26 Å². The minimum atomic E-state index is -0.231. The molecular weight excluding hydrogens is 314 g/mol. The van der Waals surface area contributed by atoms with Gasteiger partial charge in [-0.15, -0.1) is 11.3 Å². The molecule has 0 aliphatic heterocycles. The van der Waals surface area contributed by atoms with E-state index in [0.29, 0.717) is 11.1 Å². The Morgan fingerprint density at radius 3 is 2.95 bits per heavy atom. The molecule has 6 heteroatoms. The first-order valence-electron chi connectivity index (χ1n) is 6.45. The lowest BCUT2D eigenvalue weighted by atomic mass is 10.1. The van der Waals surface area contributed by atoms with Crippen LogP contribution in [0.15, 0.2) is 46.8 Å². The maximum atomic E-state index is 12.2. The van der Waals surface area contributed by atoms with Crippen LogP contribution in [0.2, 0.25) is 0 Å². The van der Waals surface area contributed by atoms with Gasteiger partial charge in [0.2, 0.25) is 0 Å². The molecule has 0 unspecified atom stereocenters. The highest BCUT2D eigenvalue weighted by molar-refractivity contribution is 8.00. The second-order valence-electron chi connectivity index (χ2n) is 4.51. The number of aromatic nitrogens is 1. The van der Waals surface area contributed by atoms with E-state index in [2.05, 4.69) is 10.3 Å². The van der Waals surface area contributed by atoms with Crippen molar-refractivity contribution >= 4 is 44.9 Å². The average Bonchev–Trinajstić information content (AvgIpc) is 2.97. The van der Waals surface area contributed by atoms with Gasteiger partial charge in [-0.2, -0.15) is 5.26 Å². The summed E-state index contributed by atoms with van der Waals surface area (Å²) in [5.74, 6) is -0.231. The second-order valence-corrected chi connectivity index (χ2v) is 6.60. The zero-order chi connectivity index (χ0) is 15.5. The van der Waals surface area contributed by atoms with Crippen molar-refractivity contribution in [3.8, 4) is 6.07 Å². The molecule has 3 rings (SSSR count). The van der Waals surface area contributed by atoms with E-state index in [0.717, 1.165) is 20.2 Å². The fraction of sp³-hybridized carbons (Fsp3) is 0.0625. The SMILES string of the molecule is CSc1nc2ccc(NC(=O)c3cccc(C#N)c3)cc2s1. The quantitative estimate of drug-likeness (QED) is 0.735. The molecule has 1 amide bonds. The Balaban J connectivity index is 1.85. The van der Waals surface area contributed by atoms with Crippen LogP contribution in [0.1, 0.15) is 15.9 Å². The zero-order valence-corrected chi connectivity index (χ0v) is 13.3. The topological polar surface area (TPSA) is 65.8 Å². The fourth-order valence-corrected chi connectivity index (χ4v) is 3.53. The predicted molar refractivity (Wildman–Crippen MR) is 90.5 cm³/mol. The van der Waals surface area contributed by atoms with Gasteiger partial charge in [-0.1, -0.05) is 17.8 Å². The summed E-state index contributed by atoms with van der Waals surface area (Å²) in [5.41, 5.74) is 2.58.